The van der Waals surface area contributed by atoms with Crippen LogP contribution in [0.4, 0.5) is 11.4 Å². The second-order valence-electron chi connectivity index (χ2n) is 5.99. The van der Waals surface area contributed by atoms with Gasteiger partial charge in [-0.25, -0.2) is 0 Å². The normalized spacial score (nSPS) is 14.1. The van der Waals surface area contributed by atoms with E-state index in [9.17, 15) is 4.79 Å². The first-order valence-electron chi connectivity index (χ1n) is 7.84. The molecule has 0 saturated carbocycles. The Hall–Kier alpha value is -2.07. The van der Waals surface area contributed by atoms with E-state index in [0.717, 1.165) is 29.9 Å². The van der Waals surface area contributed by atoms with Gasteiger partial charge in [0, 0.05) is 25.0 Å². The Morgan fingerprint density at radius 3 is 2.65 bits per heavy atom. The number of rotatable bonds is 3. The van der Waals surface area contributed by atoms with Crippen LogP contribution in [0.5, 0.6) is 0 Å². The molecule has 1 aliphatic heterocycles. The Kier molecular flexibility index (Phi) is 4.53. The van der Waals surface area contributed by atoms with Gasteiger partial charge in [0.15, 0.2) is 0 Å². The fraction of sp³-hybridized carbons (Fsp3) is 0.333. The number of anilines is 2. The minimum atomic E-state index is -0.236. The van der Waals surface area contributed by atoms with Crippen LogP contribution in [0.15, 0.2) is 30.5 Å². The Labute approximate surface area is 141 Å². The predicted octanol–water partition coefficient (Wildman–Crippen LogP) is 4.20. The highest BCUT2D eigenvalue weighted by atomic mass is 35.5. The highest BCUT2D eigenvalue weighted by molar-refractivity contribution is 6.34. The SMILES string of the molecule is Cc1cc(C)c(NC(=O)c2cc(N3CCCC3)ccn2)c(Cl)c1. The molecule has 2 aromatic rings. The lowest BCUT2D eigenvalue weighted by Crippen LogP contribution is -2.20. The number of carbonyl (C=O) groups excluding carboxylic acids is 1. The fourth-order valence-corrected chi connectivity index (χ4v) is 3.34. The zero-order valence-corrected chi connectivity index (χ0v) is 14.2. The number of aryl methyl sites for hydroxylation is 2. The Balaban J connectivity index is 1.82. The van der Waals surface area contributed by atoms with Gasteiger partial charge in [-0.3, -0.25) is 9.78 Å². The first-order chi connectivity index (χ1) is 11.0. The standard InChI is InChI=1S/C18H20ClN3O/c1-12-9-13(2)17(15(19)10-12)21-18(23)16-11-14(5-6-20-16)22-7-3-4-8-22/h5-6,9-11H,3-4,7-8H2,1-2H3,(H,21,23). The summed E-state index contributed by atoms with van der Waals surface area (Å²) in [5.74, 6) is -0.236. The molecular weight excluding hydrogens is 310 g/mol. The van der Waals surface area contributed by atoms with Gasteiger partial charge in [0.05, 0.1) is 10.7 Å². The number of nitrogens with zero attached hydrogens (tertiary/aromatic N) is 2. The first-order valence-corrected chi connectivity index (χ1v) is 8.21. The van der Waals surface area contributed by atoms with Crippen molar-refractivity contribution >= 4 is 28.9 Å². The van der Waals surface area contributed by atoms with Gasteiger partial charge in [-0.2, -0.15) is 0 Å². The Morgan fingerprint density at radius 1 is 1.22 bits per heavy atom. The number of amides is 1. The van der Waals surface area contributed by atoms with E-state index in [-0.39, 0.29) is 5.91 Å². The van der Waals surface area contributed by atoms with E-state index in [1.54, 1.807) is 6.20 Å². The van der Waals surface area contributed by atoms with Crippen molar-refractivity contribution in [2.45, 2.75) is 26.7 Å². The zero-order chi connectivity index (χ0) is 16.4. The summed E-state index contributed by atoms with van der Waals surface area (Å²) >= 11 is 6.26. The summed E-state index contributed by atoms with van der Waals surface area (Å²) in [4.78, 5) is 19.0. The van der Waals surface area contributed by atoms with Crippen molar-refractivity contribution in [2.75, 3.05) is 23.3 Å². The minimum Gasteiger partial charge on any atom is -0.371 e. The molecule has 1 aromatic heterocycles. The van der Waals surface area contributed by atoms with Crippen molar-refractivity contribution in [3.63, 3.8) is 0 Å². The number of benzene rings is 1. The summed E-state index contributed by atoms with van der Waals surface area (Å²) in [6.45, 7) is 5.98. The number of pyridine rings is 1. The van der Waals surface area contributed by atoms with E-state index in [1.807, 2.05) is 38.1 Å². The largest absolute Gasteiger partial charge is 0.371 e. The second kappa shape index (κ2) is 6.59. The molecule has 1 N–H and O–H groups in total. The quantitative estimate of drug-likeness (QED) is 0.917. The molecule has 1 aromatic carbocycles. The molecule has 0 radical (unpaired) electrons. The molecule has 0 unspecified atom stereocenters. The van der Waals surface area contributed by atoms with Crippen molar-refractivity contribution < 1.29 is 4.79 Å². The van der Waals surface area contributed by atoms with Crippen molar-refractivity contribution in [3.8, 4) is 0 Å². The molecule has 5 heteroatoms. The van der Waals surface area contributed by atoms with E-state index < -0.39 is 0 Å². The third-order valence-corrected chi connectivity index (χ3v) is 4.42. The molecule has 2 heterocycles. The van der Waals surface area contributed by atoms with E-state index in [4.69, 9.17) is 11.6 Å². The van der Waals surface area contributed by atoms with Gasteiger partial charge in [-0.15, -0.1) is 0 Å². The monoisotopic (exact) mass is 329 g/mol. The summed E-state index contributed by atoms with van der Waals surface area (Å²) in [6.07, 6.45) is 4.08. The van der Waals surface area contributed by atoms with Crippen LogP contribution in [0.2, 0.25) is 5.02 Å². The van der Waals surface area contributed by atoms with Crippen molar-refractivity contribution in [1.82, 2.24) is 4.98 Å². The number of aromatic nitrogens is 1. The Bertz CT molecular complexity index is 716. The molecule has 0 spiro atoms. The van der Waals surface area contributed by atoms with E-state index in [1.165, 1.54) is 12.8 Å². The molecule has 1 aliphatic rings. The van der Waals surface area contributed by atoms with Gasteiger partial charge >= 0.3 is 0 Å². The Morgan fingerprint density at radius 2 is 1.96 bits per heavy atom. The number of nitrogens with one attached hydrogen (secondary N) is 1. The van der Waals surface area contributed by atoms with Crippen molar-refractivity contribution in [1.29, 1.82) is 0 Å². The maximum Gasteiger partial charge on any atom is 0.274 e. The number of hydrogen-bond acceptors (Lipinski definition) is 3. The second-order valence-corrected chi connectivity index (χ2v) is 6.39. The van der Waals surface area contributed by atoms with E-state index >= 15 is 0 Å². The number of hydrogen-bond donors (Lipinski definition) is 1. The first kappa shape index (κ1) is 15.8. The third-order valence-electron chi connectivity index (χ3n) is 4.12. The smallest absolute Gasteiger partial charge is 0.274 e. The average Bonchev–Trinajstić information content (AvgIpc) is 3.05. The zero-order valence-electron chi connectivity index (χ0n) is 13.4. The maximum absolute atomic E-state index is 12.5. The molecule has 0 bridgehead atoms. The van der Waals surface area contributed by atoms with Crippen LogP contribution in [0.3, 0.4) is 0 Å². The van der Waals surface area contributed by atoms with Gasteiger partial charge in [0.2, 0.25) is 0 Å². The summed E-state index contributed by atoms with van der Waals surface area (Å²) in [6, 6.07) is 7.64. The van der Waals surface area contributed by atoms with Crippen LogP contribution in [0.1, 0.15) is 34.5 Å². The average molecular weight is 330 g/mol. The van der Waals surface area contributed by atoms with E-state index in [2.05, 4.69) is 15.2 Å². The van der Waals surface area contributed by atoms with Crippen LogP contribution >= 0.6 is 11.6 Å². The summed E-state index contributed by atoms with van der Waals surface area (Å²) in [7, 11) is 0. The molecule has 0 atom stereocenters. The maximum atomic E-state index is 12.5. The molecule has 23 heavy (non-hydrogen) atoms. The van der Waals surface area contributed by atoms with Gasteiger partial charge in [-0.05, 0) is 56.0 Å². The molecule has 3 rings (SSSR count). The fourth-order valence-electron chi connectivity index (χ4n) is 2.97. The lowest BCUT2D eigenvalue weighted by Gasteiger charge is -2.18. The minimum absolute atomic E-state index is 0.236. The molecule has 1 saturated heterocycles. The molecule has 1 fully saturated rings. The molecule has 4 nitrogen and oxygen atoms in total. The van der Waals surface area contributed by atoms with Gasteiger partial charge < -0.3 is 10.2 Å². The lowest BCUT2D eigenvalue weighted by molar-refractivity contribution is 0.102. The van der Waals surface area contributed by atoms with Crippen molar-refractivity contribution in [3.05, 3.63) is 52.3 Å². The van der Waals surface area contributed by atoms with Crippen LogP contribution < -0.4 is 10.2 Å². The predicted molar refractivity (Wildman–Crippen MR) is 94.6 cm³/mol. The van der Waals surface area contributed by atoms with Crippen LogP contribution in [-0.4, -0.2) is 24.0 Å². The molecule has 0 aliphatic carbocycles. The molecule has 120 valence electrons. The summed E-state index contributed by atoms with van der Waals surface area (Å²) in [5, 5.41) is 3.44. The van der Waals surface area contributed by atoms with Crippen LogP contribution in [0.25, 0.3) is 0 Å². The van der Waals surface area contributed by atoms with Crippen LogP contribution in [0, 0.1) is 13.8 Å². The highest BCUT2D eigenvalue weighted by Gasteiger charge is 2.16. The highest BCUT2D eigenvalue weighted by Crippen LogP contribution is 2.28. The van der Waals surface area contributed by atoms with Gasteiger partial charge in [0.25, 0.3) is 5.91 Å². The van der Waals surface area contributed by atoms with Crippen molar-refractivity contribution in [2.24, 2.45) is 0 Å². The number of halogens is 1. The molecular formula is C18H20ClN3O. The summed E-state index contributed by atoms with van der Waals surface area (Å²) < 4.78 is 0. The van der Waals surface area contributed by atoms with E-state index in [0.29, 0.717) is 16.4 Å². The topological polar surface area (TPSA) is 45.2 Å². The van der Waals surface area contributed by atoms with Gasteiger partial charge in [-0.1, -0.05) is 17.7 Å². The third kappa shape index (κ3) is 3.48. The van der Waals surface area contributed by atoms with Gasteiger partial charge in [0.1, 0.15) is 5.69 Å². The lowest BCUT2D eigenvalue weighted by atomic mass is 10.1. The number of carbonyl (C=O) groups is 1. The molecule has 1 amide bonds. The summed E-state index contributed by atoms with van der Waals surface area (Å²) in [5.41, 5.74) is 4.12. The van der Waals surface area contributed by atoms with Crippen LogP contribution in [-0.2, 0) is 0 Å².